The van der Waals surface area contributed by atoms with E-state index in [1.807, 2.05) is 20.8 Å². The fourth-order valence-electron chi connectivity index (χ4n) is 1.63. The number of nitrogens with zero attached hydrogens (tertiary/aromatic N) is 1. The molecule has 0 aromatic heterocycles. The molecule has 110 valence electrons. The third-order valence-corrected chi connectivity index (χ3v) is 2.67. The topological polar surface area (TPSA) is 84.3 Å². The van der Waals surface area contributed by atoms with Crippen LogP contribution in [0.2, 0.25) is 5.02 Å². The van der Waals surface area contributed by atoms with Crippen molar-refractivity contribution in [2.75, 3.05) is 11.9 Å². The summed E-state index contributed by atoms with van der Waals surface area (Å²) in [5.74, 6) is -0.398. The molecule has 0 saturated carbocycles. The van der Waals surface area contributed by atoms with Gasteiger partial charge in [0.1, 0.15) is 5.69 Å². The summed E-state index contributed by atoms with van der Waals surface area (Å²) >= 11 is 6.03. The summed E-state index contributed by atoms with van der Waals surface area (Å²) in [5.41, 5.74) is -0.248. The molecule has 1 aromatic rings. The summed E-state index contributed by atoms with van der Waals surface area (Å²) in [6.07, 6.45) is 0. The molecular formula is C13H18ClN3O3. The van der Waals surface area contributed by atoms with Gasteiger partial charge in [-0.15, -0.1) is 0 Å². The van der Waals surface area contributed by atoms with Gasteiger partial charge in [0.15, 0.2) is 0 Å². The van der Waals surface area contributed by atoms with Gasteiger partial charge in [-0.1, -0.05) is 11.6 Å². The summed E-state index contributed by atoms with van der Waals surface area (Å²) < 4.78 is 0. The van der Waals surface area contributed by atoms with E-state index in [1.54, 1.807) is 6.92 Å². The Kier molecular flexibility index (Phi) is 4.94. The van der Waals surface area contributed by atoms with Crippen LogP contribution in [0.5, 0.6) is 0 Å². The zero-order valence-corrected chi connectivity index (χ0v) is 12.7. The molecule has 20 heavy (non-hydrogen) atoms. The Morgan fingerprint density at radius 3 is 2.45 bits per heavy atom. The SMILES string of the molecule is CCNc1c(Cl)cc(C(=O)NC(C)(C)C)cc1[N+](=O)[O-]. The zero-order chi connectivity index (χ0) is 15.5. The lowest BCUT2D eigenvalue weighted by atomic mass is 10.1. The van der Waals surface area contributed by atoms with E-state index in [0.29, 0.717) is 6.54 Å². The van der Waals surface area contributed by atoms with Crippen molar-refractivity contribution >= 4 is 28.9 Å². The minimum Gasteiger partial charge on any atom is -0.379 e. The van der Waals surface area contributed by atoms with Crippen LogP contribution in [-0.4, -0.2) is 22.9 Å². The van der Waals surface area contributed by atoms with Gasteiger partial charge in [0.25, 0.3) is 11.6 Å². The average Bonchev–Trinajstić information content (AvgIpc) is 2.28. The predicted octanol–water partition coefficient (Wildman–Crippen LogP) is 3.21. The van der Waals surface area contributed by atoms with Crippen LogP contribution in [0.15, 0.2) is 12.1 Å². The highest BCUT2D eigenvalue weighted by molar-refractivity contribution is 6.34. The van der Waals surface area contributed by atoms with E-state index in [1.165, 1.54) is 12.1 Å². The van der Waals surface area contributed by atoms with Crippen molar-refractivity contribution in [3.05, 3.63) is 32.8 Å². The molecular weight excluding hydrogens is 282 g/mol. The first kappa shape index (κ1) is 16.2. The fraction of sp³-hybridized carbons (Fsp3) is 0.462. The van der Waals surface area contributed by atoms with E-state index in [4.69, 9.17) is 11.6 Å². The van der Waals surface area contributed by atoms with Gasteiger partial charge in [-0.2, -0.15) is 0 Å². The Morgan fingerprint density at radius 1 is 1.40 bits per heavy atom. The van der Waals surface area contributed by atoms with Crippen molar-refractivity contribution in [1.29, 1.82) is 0 Å². The molecule has 0 radical (unpaired) electrons. The van der Waals surface area contributed by atoms with Crippen molar-refractivity contribution in [3.63, 3.8) is 0 Å². The number of rotatable bonds is 4. The van der Waals surface area contributed by atoms with Gasteiger partial charge in [0.05, 0.1) is 9.95 Å². The highest BCUT2D eigenvalue weighted by atomic mass is 35.5. The molecule has 0 aliphatic heterocycles. The Hall–Kier alpha value is -1.82. The maximum absolute atomic E-state index is 12.0. The smallest absolute Gasteiger partial charge is 0.294 e. The summed E-state index contributed by atoms with van der Waals surface area (Å²) in [6, 6.07) is 2.65. The first-order valence-corrected chi connectivity index (χ1v) is 6.58. The molecule has 2 N–H and O–H groups in total. The van der Waals surface area contributed by atoms with Crippen molar-refractivity contribution in [1.82, 2.24) is 5.32 Å². The van der Waals surface area contributed by atoms with Crippen molar-refractivity contribution in [2.24, 2.45) is 0 Å². The summed E-state index contributed by atoms with van der Waals surface area (Å²) in [6.45, 7) is 7.78. The molecule has 0 saturated heterocycles. The van der Waals surface area contributed by atoms with Crippen LogP contribution in [0.3, 0.4) is 0 Å². The Labute approximate surface area is 122 Å². The summed E-state index contributed by atoms with van der Waals surface area (Å²) in [5, 5.41) is 16.8. The number of hydrogen-bond acceptors (Lipinski definition) is 4. The van der Waals surface area contributed by atoms with E-state index in [-0.39, 0.29) is 22.0 Å². The number of amides is 1. The van der Waals surface area contributed by atoms with Gasteiger partial charge in [-0.3, -0.25) is 14.9 Å². The number of nitro benzene ring substituents is 1. The van der Waals surface area contributed by atoms with Gasteiger partial charge in [-0.05, 0) is 33.8 Å². The van der Waals surface area contributed by atoms with E-state index >= 15 is 0 Å². The third-order valence-electron chi connectivity index (χ3n) is 2.37. The number of benzene rings is 1. The molecule has 0 spiro atoms. The fourth-order valence-corrected chi connectivity index (χ4v) is 1.91. The van der Waals surface area contributed by atoms with Crippen LogP contribution in [0.1, 0.15) is 38.1 Å². The van der Waals surface area contributed by atoms with Crippen LogP contribution in [0.4, 0.5) is 11.4 Å². The summed E-state index contributed by atoms with van der Waals surface area (Å²) in [7, 11) is 0. The molecule has 1 aromatic carbocycles. The van der Waals surface area contributed by atoms with Crippen molar-refractivity contribution in [2.45, 2.75) is 33.2 Å². The number of carbonyl (C=O) groups is 1. The number of nitrogens with one attached hydrogen (secondary N) is 2. The predicted molar refractivity (Wildman–Crippen MR) is 79.5 cm³/mol. The van der Waals surface area contributed by atoms with Gasteiger partial charge >= 0.3 is 0 Å². The largest absolute Gasteiger partial charge is 0.379 e. The number of halogens is 1. The van der Waals surface area contributed by atoms with E-state index in [9.17, 15) is 14.9 Å². The maximum atomic E-state index is 12.0. The Morgan fingerprint density at radius 2 is 2.00 bits per heavy atom. The lowest BCUT2D eigenvalue weighted by Crippen LogP contribution is -2.40. The third kappa shape index (κ3) is 4.09. The van der Waals surface area contributed by atoms with Crippen LogP contribution >= 0.6 is 11.6 Å². The molecule has 0 atom stereocenters. The second-order valence-electron chi connectivity index (χ2n) is 5.34. The second-order valence-corrected chi connectivity index (χ2v) is 5.75. The molecule has 0 aliphatic carbocycles. The molecule has 0 fully saturated rings. The number of nitro groups is 1. The average molecular weight is 300 g/mol. The van der Waals surface area contributed by atoms with Crippen LogP contribution in [0.25, 0.3) is 0 Å². The molecule has 6 nitrogen and oxygen atoms in total. The van der Waals surface area contributed by atoms with Crippen LogP contribution < -0.4 is 10.6 Å². The molecule has 0 bridgehead atoms. The Balaban J connectivity index is 3.24. The van der Waals surface area contributed by atoms with E-state index < -0.39 is 16.4 Å². The highest BCUT2D eigenvalue weighted by Gasteiger charge is 2.23. The quantitative estimate of drug-likeness (QED) is 0.660. The van der Waals surface area contributed by atoms with Crippen molar-refractivity contribution in [3.8, 4) is 0 Å². The van der Waals surface area contributed by atoms with Crippen LogP contribution in [-0.2, 0) is 0 Å². The normalized spacial score (nSPS) is 11.1. The van der Waals surface area contributed by atoms with Crippen LogP contribution in [0, 0.1) is 10.1 Å². The maximum Gasteiger partial charge on any atom is 0.294 e. The lowest BCUT2D eigenvalue weighted by Gasteiger charge is -2.20. The highest BCUT2D eigenvalue weighted by Crippen LogP contribution is 2.33. The van der Waals surface area contributed by atoms with Gasteiger partial charge in [0.2, 0.25) is 0 Å². The van der Waals surface area contributed by atoms with Gasteiger partial charge in [-0.25, -0.2) is 0 Å². The first-order chi connectivity index (χ1) is 9.15. The minimum atomic E-state index is -0.558. The monoisotopic (exact) mass is 299 g/mol. The van der Waals surface area contributed by atoms with E-state index in [2.05, 4.69) is 10.6 Å². The second kappa shape index (κ2) is 6.09. The van der Waals surface area contributed by atoms with E-state index in [0.717, 1.165) is 0 Å². The first-order valence-electron chi connectivity index (χ1n) is 6.20. The number of hydrogen-bond donors (Lipinski definition) is 2. The molecule has 0 heterocycles. The molecule has 1 amide bonds. The molecule has 0 unspecified atom stereocenters. The molecule has 0 aliphatic rings. The van der Waals surface area contributed by atoms with Gasteiger partial charge < -0.3 is 10.6 Å². The standard InChI is InChI=1S/C13H18ClN3O3/c1-5-15-11-9(14)6-8(7-10(11)17(19)20)12(18)16-13(2,3)4/h6-7,15H,5H2,1-4H3,(H,16,18). The molecule has 7 heteroatoms. The molecule has 1 rings (SSSR count). The number of anilines is 1. The lowest BCUT2D eigenvalue weighted by molar-refractivity contribution is -0.384. The number of carbonyl (C=O) groups excluding carboxylic acids is 1. The summed E-state index contributed by atoms with van der Waals surface area (Å²) in [4.78, 5) is 22.6. The van der Waals surface area contributed by atoms with Crippen molar-refractivity contribution < 1.29 is 9.72 Å². The van der Waals surface area contributed by atoms with Gasteiger partial charge in [0, 0.05) is 23.7 Å². The zero-order valence-electron chi connectivity index (χ0n) is 11.9. The Bertz CT molecular complexity index is 538. The minimum absolute atomic E-state index is 0.153.